The fraction of sp³-hybridized carbons (Fsp3) is 1.00. The number of rotatable bonds is 4. The number of piperidine rings is 1. The molecule has 1 aliphatic rings. The molecule has 2 unspecified atom stereocenters. The Morgan fingerprint density at radius 3 is 2.56 bits per heavy atom. The first-order chi connectivity index (χ1) is 7.46. The summed E-state index contributed by atoms with van der Waals surface area (Å²) in [7, 11) is 0. The molecule has 0 spiro atoms. The highest BCUT2D eigenvalue weighted by Crippen LogP contribution is 2.27. The minimum absolute atomic E-state index is 0.392. The normalized spacial score (nSPS) is 25.7. The minimum atomic E-state index is 0.392. The Balaban J connectivity index is 2.51. The molecule has 96 valence electrons. The lowest BCUT2D eigenvalue weighted by atomic mass is 9.86. The Labute approximate surface area is 102 Å². The van der Waals surface area contributed by atoms with Gasteiger partial charge in [-0.25, -0.2) is 0 Å². The maximum atomic E-state index is 5.96. The lowest BCUT2D eigenvalue weighted by Gasteiger charge is -2.40. The molecule has 0 aliphatic carbocycles. The summed E-state index contributed by atoms with van der Waals surface area (Å²) in [4.78, 5) is 2.64. The standard InChI is InChI=1S/C14H30N2/c1-5-12-7-6-8-16(11-12)13(10-15)9-14(2,3)4/h12-13H,5-11,15H2,1-4H3. The highest BCUT2D eigenvalue weighted by molar-refractivity contribution is 4.82. The Morgan fingerprint density at radius 1 is 1.38 bits per heavy atom. The second-order valence-corrected chi connectivity index (χ2v) is 6.57. The van der Waals surface area contributed by atoms with Crippen molar-refractivity contribution in [1.82, 2.24) is 4.90 Å². The number of nitrogens with two attached hydrogens (primary N) is 1. The molecule has 0 amide bonds. The van der Waals surface area contributed by atoms with Crippen LogP contribution in [0.2, 0.25) is 0 Å². The molecule has 2 heteroatoms. The van der Waals surface area contributed by atoms with E-state index in [-0.39, 0.29) is 0 Å². The number of nitrogens with zero attached hydrogens (tertiary/aromatic N) is 1. The van der Waals surface area contributed by atoms with Crippen molar-refractivity contribution in [1.29, 1.82) is 0 Å². The zero-order valence-corrected chi connectivity index (χ0v) is 11.6. The molecular formula is C14H30N2. The van der Waals surface area contributed by atoms with Crippen molar-refractivity contribution < 1.29 is 0 Å². The maximum Gasteiger partial charge on any atom is 0.0223 e. The smallest absolute Gasteiger partial charge is 0.0223 e. The summed E-state index contributed by atoms with van der Waals surface area (Å²) in [6, 6.07) is 0.592. The van der Waals surface area contributed by atoms with E-state index in [0.717, 1.165) is 12.5 Å². The van der Waals surface area contributed by atoms with Crippen molar-refractivity contribution in [3.8, 4) is 0 Å². The SMILES string of the molecule is CCC1CCCN(C(CN)CC(C)(C)C)C1. The van der Waals surface area contributed by atoms with Crippen molar-refractivity contribution in [2.24, 2.45) is 17.1 Å². The highest BCUT2D eigenvalue weighted by Gasteiger charge is 2.27. The van der Waals surface area contributed by atoms with Crippen LogP contribution in [0.25, 0.3) is 0 Å². The van der Waals surface area contributed by atoms with Crippen molar-refractivity contribution in [2.75, 3.05) is 19.6 Å². The van der Waals surface area contributed by atoms with Gasteiger partial charge in [-0.05, 0) is 37.1 Å². The van der Waals surface area contributed by atoms with Gasteiger partial charge in [-0.2, -0.15) is 0 Å². The largest absolute Gasteiger partial charge is 0.329 e. The van der Waals surface area contributed by atoms with E-state index in [2.05, 4.69) is 32.6 Å². The van der Waals surface area contributed by atoms with Crippen LogP contribution in [-0.4, -0.2) is 30.6 Å². The third-order valence-electron chi connectivity index (χ3n) is 3.76. The molecule has 1 fully saturated rings. The summed E-state index contributed by atoms with van der Waals surface area (Å²) >= 11 is 0. The Kier molecular flexibility index (Phi) is 5.26. The summed E-state index contributed by atoms with van der Waals surface area (Å²) in [5.74, 6) is 0.905. The van der Waals surface area contributed by atoms with Gasteiger partial charge in [-0.3, -0.25) is 4.90 Å². The zero-order valence-electron chi connectivity index (χ0n) is 11.6. The second kappa shape index (κ2) is 6.02. The third-order valence-corrected chi connectivity index (χ3v) is 3.76. The van der Waals surface area contributed by atoms with Crippen LogP contribution in [0.3, 0.4) is 0 Å². The van der Waals surface area contributed by atoms with Gasteiger partial charge < -0.3 is 5.73 Å². The summed E-state index contributed by atoms with van der Waals surface area (Å²) in [6.07, 6.45) is 5.32. The quantitative estimate of drug-likeness (QED) is 0.798. The van der Waals surface area contributed by atoms with Crippen LogP contribution in [0, 0.1) is 11.3 Å². The molecule has 0 saturated carbocycles. The van der Waals surface area contributed by atoms with Gasteiger partial charge in [0.25, 0.3) is 0 Å². The monoisotopic (exact) mass is 226 g/mol. The molecule has 1 saturated heterocycles. The van der Waals surface area contributed by atoms with Gasteiger partial charge in [-0.15, -0.1) is 0 Å². The van der Waals surface area contributed by atoms with Gasteiger partial charge in [0.1, 0.15) is 0 Å². The number of likely N-dealkylation sites (tertiary alicyclic amines) is 1. The van der Waals surface area contributed by atoms with E-state index in [1.807, 2.05) is 0 Å². The van der Waals surface area contributed by atoms with E-state index < -0.39 is 0 Å². The average molecular weight is 226 g/mol. The van der Waals surface area contributed by atoms with Crippen LogP contribution in [-0.2, 0) is 0 Å². The summed E-state index contributed by atoms with van der Waals surface area (Å²) < 4.78 is 0. The molecule has 2 N–H and O–H groups in total. The van der Waals surface area contributed by atoms with E-state index in [9.17, 15) is 0 Å². The summed E-state index contributed by atoms with van der Waals surface area (Å²) in [5.41, 5.74) is 6.35. The fourth-order valence-corrected chi connectivity index (χ4v) is 2.83. The molecular weight excluding hydrogens is 196 g/mol. The molecule has 1 aliphatic heterocycles. The molecule has 16 heavy (non-hydrogen) atoms. The lowest BCUT2D eigenvalue weighted by molar-refractivity contribution is 0.0975. The topological polar surface area (TPSA) is 29.3 Å². The van der Waals surface area contributed by atoms with E-state index in [1.54, 1.807) is 0 Å². The Bertz CT molecular complexity index is 195. The van der Waals surface area contributed by atoms with Gasteiger partial charge in [0.05, 0.1) is 0 Å². The molecule has 1 rings (SSSR count). The summed E-state index contributed by atoms with van der Waals surface area (Å²) in [6.45, 7) is 12.6. The first-order valence-corrected chi connectivity index (χ1v) is 6.90. The predicted octanol–water partition coefficient (Wildman–Crippen LogP) is 2.87. The molecule has 2 nitrogen and oxygen atoms in total. The minimum Gasteiger partial charge on any atom is -0.329 e. The lowest BCUT2D eigenvalue weighted by Crippen LogP contribution is -2.47. The van der Waals surface area contributed by atoms with E-state index in [1.165, 1.54) is 38.8 Å². The van der Waals surface area contributed by atoms with Crippen LogP contribution in [0.5, 0.6) is 0 Å². The Morgan fingerprint density at radius 2 is 2.06 bits per heavy atom. The first-order valence-electron chi connectivity index (χ1n) is 6.90. The van der Waals surface area contributed by atoms with E-state index in [0.29, 0.717) is 11.5 Å². The van der Waals surface area contributed by atoms with E-state index >= 15 is 0 Å². The Hall–Kier alpha value is -0.0800. The molecule has 1 heterocycles. The van der Waals surface area contributed by atoms with Gasteiger partial charge in [-0.1, -0.05) is 34.1 Å². The van der Waals surface area contributed by atoms with Gasteiger partial charge in [0.2, 0.25) is 0 Å². The maximum absolute atomic E-state index is 5.96. The number of hydrogen-bond donors (Lipinski definition) is 1. The molecule has 0 bridgehead atoms. The van der Waals surface area contributed by atoms with Crippen LogP contribution in [0.1, 0.15) is 53.4 Å². The van der Waals surface area contributed by atoms with Gasteiger partial charge in [0.15, 0.2) is 0 Å². The van der Waals surface area contributed by atoms with Crippen LogP contribution in [0.15, 0.2) is 0 Å². The predicted molar refractivity (Wildman–Crippen MR) is 71.5 cm³/mol. The molecule has 0 radical (unpaired) electrons. The van der Waals surface area contributed by atoms with Crippen molar-refractivity contribution >= 4 is 0 Å². The van der Waals surface area contributed by atoms with Gasteiger partial charge in [0, 0.05) is 19.1 Å². The third kappa shape index (κ3) is 4.42. The molecule has 0 aromatic heterocycles. The van der Waals surface area contributed by atoms with E-state index in [4.69, 9.17) is 5.73 Å². The zero-order chi connectivity index (χ0) is 12.2. The highest BCUT2D eigenvalue weighted by atomic mass is 15.2. The summed E-state index contributed by atoms with van der Waals surface area (Å²) in [5, 5.41) is 0. The molecule has 0 aromatic rings. The van der Waals surface area contributed by atoms with Crippen molar-refractivity contribution in [3.63, 3.8) is 0 Å². The molecule has 0 aromatic carbocycles. The average Bonchev–Trinajstić information content (AvgIpc) is 2.25. The second-order valence-electron chi connectivity index (χ2n) is 6.57. The van der Waals surface area contributed by atoms with Crippen molar-refractivity contribution in [2.45, 2.75) is 59.4 Å². The van der Waals surface area contributed by atoms with Crippen LogP contribution < -0.4 is 5.73 Å². The van der Waals surface area contributed by atoms with Gasteiger partial charge >= 0.3 is 0 Å². The van der Waals surface area contributed by atoms with Crippen LogP contribution in [0.4, 0.5) is 0 Å². The van der Waals surface area contributed by atoms with Crippen LogP contribution >= 0.6 is 0 Å². The van der Waals surface area contributed by atoms with Crippen molar-refractivity contribution in [3.05, 3.63) is 0 Å². The first kappa shape index (κ1) is 14.0. The number of hydrogen-bond acceptors (Lipinski definition) is 2. The molecule has 2 atom stereocenters. The fourth-order valence-electron chi connectivity index (χ4n) is 2.83.